The number of carbonyl (C=O) groups excluding carboxylic acids is 2. The van der Waals surface area contributed by atoms with Crippen molar-refractivity contribution in [1.29, 1.82) is 0 Å². The number of carboxylic acids is 1. The van der Waals surface area contributed by atoms with Gasteiger partial charge in [-0.1, -0.05) is 18.2 Å². The van der Waals surface area contributed by atoms with E-state index >= 15 is 0 Å². The van der Waals surface area contributed by atoms with E-state index in [1.807, 2.05) is 19.1 Å². The Morgan fingerprint density at radius 1 is 1.10 bits per heavy atom. The van der Waals surface area contributed by atoms with Gasteiger partial charge in [0.1, 0.15) is 0 Å². The van der Waals surface area contributed by atoms with Crippen molar-refractivity contribution in [2.45, 2.75) is 6.92 Å². The molecular weight excluding hydrogens is 369 g/mol. The SMILES string of the molecule is Cc1cc(I)ccc1NC(=O)c1ccccc1C(=O)[O-]. The molecule has 0 unspecified atom stereocenters. The highest BCUT2D eigenvalue weighted by molar-refractivity contribution is 14.1. The normalized spacial score (nSPS) is 10.1. The summed E-state index contributed by atoms with van der Waals surface area (Å²) < 4.78 is 1.06. The maximum Gasteiger partial charge on any atom is 0.256 e. The molecule has 20 heavy (non-hydrogen) atoms. The molecule has 1 N–H and O–H groups in total. The third kappa shape index (κ3) is 3.16. The van der Waals surface area contributed by atoms with Gasteiger partial charge in [0.25, 0.3) is 5.91 Å². The third-order valence-electron chi connectivity index (χ3n) is 2.83. The summed E-state index contributed by atoms with van der Waals surface area (Å²) in [5.41, 5.74) is 1.54. The van der Waals surface area contributed by atoms with E-state index in [2.05, 4.69) is 27.9 Å². The van der Waals surface area contributed by atoms with Crippen LogP contribution in [0.2, 0.25) is 0 Å². The first-order chi connectivity index (χ1) is 9.49. The number of hydrogen-bond acceptors (Lipinski definition) is 3. The van der Waals surface area contributed by atoms with Gasteiger partial charge in [0, 0.05) is 20.4 Å². The summed E-state index contributed by atoms with van der Waals surface area (Å²) in [6.45, 7) is 1.88. The molecule has 0 radical (unpaired) electrons. The van der Waals surface area contributed by atoms with Crippen LogP contribution >= 0.6 is 22.6 Å². The number of amides is 1. The van der Waals surface area contributed by atoms with E-state index in [0.717, 1.165) is 9.13 Å². The molecule has 4 nitrogen and oxygen atoms in total. The third-order valence-corrected chi connectivity index (χ3v) is 3.50. The number of anilines is 1. The van der Waals surface area contributed by atoms with Crippen LogP contribution in [0, 0.1) is 10.5 Å². The first-order valence-electron chi connectivity index (χ1n) is 5.87. The molecule has 0 spiro atoms. The summed E-state index contributed by atoms with van der Waals surface area (Å²) in [5.74, 6) is -1.83. The largest absolute Gasteiger partial charge is 0.545 e. The van der Waals surface area contributed by atoms with E-state index in [4.69, 9.17) is 0 Å². The Kier molecular flexibility index (Phi) is 4.39. The molecule has 0 aliphatic rings. The minimum absolute atomic E-state index is 0.0884. The highest BCUT2D eigenvalue weighted by Crippen LogP contribution is 2.19. The minimum Gasteiger partial charge on any atom is -0.545 e. The number of nitrogens with one attached hydrogen (secondary N) is 1. The van der Waals surface area contributed by atoms with Gasteiger partial charge in [0.2, 0.25) is 0 Å². The molecule has 0 fully saturated rings. The molecule has 0 saturated heterocycles. The second kappa shape index (κ2) is 6.04. The van der Waals surface area contributed by atoms with Crippen molar-refractivity contribution >= 4 is 40.2 Å². The average Bonchev–Trinajstić information content (AvgIpc) is 2.41. The van der Waals surface area contributed by atoms with Crippen LogP contribution in [0.5, 0.6) is 0 Å². The predicted molar refractivity (Wildman–Crippen MR) is 82.6 cm³/mol. The summed E-state index contributed by atoms with van der Waals surface area (Å²) in [7, 11) is 0. The molecule has 2 aromatic carbocycles. The molecule has 2 rings (SSSR count). The predicted octanol–water partition coefficient (Wildman–Crippen LogP) is 2.22. The zero-order valence-electron chi connectivity index (χ0n) is 10.6. The Labute approximate surface area is 130 Å². The number of carboxylic acid groups (broad SMARTS) is 1. The number of carbonyl (C=O) groups is 2. The maximum atomic E-state index is 12.2. The van der Waals surface area contributed by atoms with Crippen LogP contribution in [0.1, 0.15) is 26.3 Å². The summed E-state index contributed by atoms with van der Waals surface area (Å²) >= 11 is 2.18. The van der Waals surface area contributed by atoms with E-state index in [9.17, 15) is 14.7 Å². The highest BCUT2D eigenvalue weighted by atomic mass is 127. The van der Waals surface area contributed by atoms with Gasteiger partial charge in [-0.3, -0.25) is 4.79 Å². The van der Waals surface area contributed by atoms with Crippen LogP contribution in [0.15, 0.2) is 42.5 Å². The number of benzene rings is 2. The molecule has 0 bridgehead atoms. The molecule has 0 heterocycles. The quantitative estimate of drug-likeness (QED) is 0.831. The molecule has 5 heteroatoms. The number of aryl methyl sites for hydroxylation is 1. The smallest absolute Gasteiger partial charge is 0.256 e. The van der Waals surface area contributed by atoms with Gasteiger partial charge in [0.05, 0.1) is 5.97 Å². The van der Waals surface area contributed by atoms with E-state index < -0.39 is 11.9 Å². The molecule has 0 aliphatic heterocycles. The lowest BCUT2D eigenvalue weighted by Gasteiger charge is -2.12. The second-order valence-electron chi connectivity index (χ2n) is 4.25. The van der Waals surface area contributed by atoms with Gasteiger partial charge >= 0.3 is 0 Å². The van der Waals surface area contributed by atoms with Crippen LogP contribution in [-0.2, 0) is 0 Å². The summed E-state index contributed by atoms with van der Waals surface area (Å²) in [6.07, 6.45) is 0. The van der Waals surface area contributed by atoms with Gasteiger partial charge in [-0.25, -0.2) is 0 Å². The Hall–Kier alpha value is -1.89. The van der Waals surface area contributed by atoms with Crippen LogP contribution in [0.3, 0.4) is 0 Å². The van der Waals surface area contributed by atoms with Crippen LogP contribution in [-0.4, -0.2) is 11.9 Å². The standard InChI is InChI=1S/C15H12INO3/c1-9-8-10(16)6-7-13(9)17-14(18)11-4-2-3-5-12(11)15(19)20/h2-8H,1H3,(H,17,18)(H,19,20)/p-1. The van der Waals surface area contributed by atoms with Gasteiger partial charge < -0.3 is 15.2 Å². The van der Waals surface area contributed by atoms with Crippen molar-refractivity contribution in [3.8, 4) is 0 Å². The molecule has 102 valence electrons. The Morgan fingerprint density at radius 3 is 2.35 bits per heavy atom. The van der Waals surface area contributed by atoms with Gasteiger partial charge in [0.15, 0.2) is 0 Å². The summed E-state index contributed by atoms with van der Waals surface area (Å²) in [5, 5.41) is 13.7. The van der Waals surface area contributed by atoms with Gasteiger partial charge in [-0.15, -0.1) is 0 Å². The molecular formula is C15H11INO3-. The van der Waals surface area contributed by atoms with E-state index in [1.54, 1.807) is 18.2 Å². The fraction of sp³-hybridized carbons (Fsp3) is 0.0667. The Morgan fingerprint density at radius 2 is 1.75 bits per heavy atom. The molecule has 2 aromatic rings. The van der Waals surface area contributed by atoms with Crippen molar-refractivity contribution in [2.24, 2.45) is 0 Å². The Balaban J connectivity index is 2.31. The summed E-state index contributed by atoms with van der Waals surface area (Å²) in [6, 6.07) is 11.6. The fourth-order valence-electron chi connectivity index (χ4n) is 1.82. The van der Waals surface area contributed by atoms with Crippen molar-refractivity contribution in [3.63, 3.8) is 0 Å². The zero-order chi connectivity index (χ0) is 14.7. The molecule has 0 atom stereocenters. The lowest BCUT2D eigenvalue weighted by Crippen LogP contribution is -2.26. The first-order valence-corrected chi connectivity index (χ1v) is 6.95. The first kappa shape index (κ1) is 14.5. The lowest BCUT2D eigenvalue weighted by atomic mass is 10.1. The zero-order valence-corrected chi connectivity index (χ0v) is 12.8. The van der Waals surface area contributed by atoms with Gasteiger partial charge in [-0.05, 0) is 59.3 Å². The van der Waals surface area contributed by atoms with Crippen LogP contribution in [0.4, 0.5) is 5.69 Å². The fourth-order valence-corrected chi connectivity index (χ4v) is 2.46. The molecule has 0 aliphatic carbocycles. The van der Waals surface area contributed by atoms with Crippen LogP contribution < -0.4 is 10.4 Å². The van der Waals surface area contributed by atoms with E-state index in [1.165, 1.54) is 12.1 Å². The van der Waals surface area contributed by atoms with Crippen molar-refractivity contribution in [1.82, 2.24) is 0 Å². The molecule has 0 saturated carbocycles. The number of halogens is 1. The van der Waals surface area contributed by atoms with Crippen molar-refractivity contribution in [3.05, 3.63) is 62.7 Å². The van der Waals surface area contributed by atoms with E-state index in [-0.39, 0.29) is 11.1 Å². The molecule has 0 aromatic heterocycles. The van der Waals surface area contributed by atoms with Crippen LogP contribution in [0.25, 0.3) is 0 Å². The topological polar surface area (TPSA) is 69.2 Å². The van der Waals surface area contributed by atoms with Crippen molar-refractivity contribution < 1.29 is 14.7 Å². The molecule has 1 amide bonds. The number of hydrogen-bond donors (Lipinski definition) is 1. The monoisotopic (exact) mass is 380 g/mol. The number of rotatable bonds is 3. The van der Waals surface area contributed by atoms with Crippen molar-refractivity contribution in [2.75, 3.05) is 5.32 Å². The van der Waals surface area contributed by atoms with Gasteiger partial charge in [-0.2, -0.15) is 0 Å². The average molecular weight is 380 g/mol. The number of aromatic carboxylic acids is 1. The minimum atomic E-state index is -1.37. The highest BCUT2D eigenvalue weighted by Gasteiger charge is 2.12. The summed E-state index contributed by atoms with van der Waals surface area (Å²) in [4.78, 5) is 23.2. The Bertz CT molecular complexity index is 683. The lowest BCUT2D eigenvalue weighted by molar-refractivity contribution is -0.255. The second-order valence-corrected chi connectivity index (χ2v) is 5.49. The van der Waals surface area contributed by atoms with E-state index in [0.29, 0.717) is 5.69 Å². The maximum absolute atomic E-state index is 12.2.